The van der Waals surface area contributed by atoms with Crippen LogP contribution in [0.15, 0.2) is 71.4 Å². The molecule has 14 heteroatoms. The topological polar surface area (TPSA) is 60.2 Å². The number of ether oxygens (including phenoxy) is 2. The number of hydrogen-bond acceptors (Lipinski definition) is 5. The van der Waals surface area contributed by atoms with E-state index in [0.29, 0.717) is 5.69 Å². The highest BCUT2D eigenvalue weighted by Gasteiger charge is 2.81. The van der Waals surface area contributed by atoms with Gasteiger partial charge in [-0.3, -0.25) is 0 Å². The largest absolute Gasteiger partial charge is 0.487 e. The summed E-state index contributed by atoms with van der Waals surface area (Å²) in [5.41, 5.74) is 0.432. The van der Waals surface area contributed by atoms with Crippen LogP contribution in [0.25, 0.3) is 0 Å². The van der Waals surface area contributed by atoms with Crippen molar-refractivity contribution < 1.29 is 53.8 Å². The second kappa shape index (κ2) is 9.73. The number of halogens is 9. The molecule has 0 amide bonds. The first-order valence-electron chi connectivity index (χ1n) is 8.90. The molecule has 34 heavy (non-hydrogen) atoms. The van der Waals surface area contributed by atoms with Crippen molar-refractivity contribution in [3.8, 4) is 11.5 Å². The van der Waals surface area contributed by atoms with Gasteiger partial charge in [-0.2, -0.15) is 49.7 Å². The van der Waals surface area contributed by atoms with Crippen molar-refractivity contribution in [3.63, 3.8) is 0 Å². The first-order valence-corrected chi connectivity index (χ1v) is 8.90. The van der Waals surface area contributed by atoms with Gasteiger partial charge in [-0.25, -0.2) is 4.79 Å². The third-order valence-electron chi connectivity index (χ3n) is 3.97. The second-order valence-corrected chi connectivity index (χ2v) is 6.45. The van der Waals surface area contributed by atoms with Gasteiger partial charge in [0, 0.05) is 6.08 Å². The zero-order valence-corrected chi connectivity index (χ0v) is 16.6. The number of rotatable bonds is 9. The summed E-state index contributed by atoms with van der Waals surface area (Å²) >= 11 is 0. The van der Waals surface area contributed by atoms with Crippen molar-refractivity contribution in [1.82, 2.24) is 0 Å². The smallest absolute Gasteiger partial charge is 0.460 e. The molecule has 0 aliphatic rings. The summed E-state index contributed by atoms with van der Waals surface area (Å²) in [6.07, 6.45) is -5.94. The molecular formula is C20H13F9N2O3. The number of carbonyl (C=O) groups is 1. The molecule has 0 atom stereocenters. The molecule has 2 aromatic rings. The van der Waals surface area contributed by atoms with Gasteiger partial charge in [0.1, 0.15) is 11.5 Å². The van der Waals surface area contributed by atoms with Gasteiger partial charge in [0.05, 0.1) is 11.4 Å². The van der Waals surface area contributed by atoms with Crippen LogP contribution in [0, 0.1) is 0 Å². The minimum Gasteiger partial charge on any atom is -0.487 e. The van der Waals surface area contributed by atoms with E-state index < -0.39 is 42.3 Å². The summed E-state index contributed by atoms with van der Waals surface area (Å²) in [6, 6.07) is 9.80. The quantitative estimate of drug-likeness (QED) is 0.122. The van der Waals surface area contributed by atoms with Crippen LogP contribution in [-0.4, -0.2) is 36.5 Å². The zero-order valence-electron chi connectivity index (χ0n) is 16.6. The molecule has 0 saturated carbocycles. The Morgan fingerprint density at radius 3 is 1.62 bits per heavy atom. The van der Waals surface area contributed by atoms with Gasteiger partial charge >= 0.3 is 29.9 Å². The normalized spacial score (nSPS) is 13.1. The highest BCUT2D eigenvalue weighted by molar-refractivity contribution is 5.83. The van der Waals surface area contributed by atoms with E-state index in [1.165, 1.54) is 24.3 Å². The number of azo groups is 1. The van der Waals surface area contributed by atoms with E-state index in [-0.39, 0.29) is 11.4 Å². The molecule has 0 N–H and O–H groups in total. The number of esters is 1. The Morgan fingerprint density at radius 2 is 1.21 bits per heavy atom. The predicted octanol–water partition coefficient (Wildman–Crippen LogP) is 7.04. The maximum Gasteiger partial charge on any atom is 0.460 e. The van der Waals surface area contributed by atoms with E-state index in [1.807, 2.05) is 0 Å². The molecule has 0 unspecified atom stereocenters. The maximum atomic E-state index is 13.5. The van der Waals surface area contributed by atoms with Gasteiger partial charge in [0.2, 0.25) is 0 Å². The van der Waals surface area contributed by atoms with E-state index in [0.717, 1.165) is 30.3 Å². The van der Waals surface area contributed by atoms with Crippen molar-refractivity contribution in [3.05, 3.63) is 61.2 Å². The molecular weight excluding hydrogens is 487 g/mol. The van der Waals surface area contributed by atoms with Gasteiger partial charge in [-0.15, -0.1) is 0 Å². The number of alkyl halides is 9. The van der Waals surface area contributed by atoms with E-state index in [4.69, 9.17) is 4.74 Å². The minimum absolute atomic E-state index is 0.121. The lowest BCUT2D eigenvalue weighted by Gasteiger charge is -2.33. The van der Waals surface area contributed by atoms with Crippen molar-refractivity contribution in [1.29, 1.82) is 0 Å². The first kappa shape index (κ1) is 26.7. The molecule has 2 rings (SSSR count). The molecule has 184 valence electrons. The Morgan fingerprint density at radius 1 is 0.765 bits per heavy atom. The summed E-state index contributed by atoms with van der Waals surface area (Å²) < 4.78 is 125. The average Bonchev–Trinajstić information content (AvgIpc) is 2.77. The second-order valence-electron chi connectivity index (χ2n) is 6.45. The van der Waals surface area contributed by atoms with E-state index in [2.05, 4.69) is 21.5 Å². The SMILES string of the molecule is C=CC(=O)Oc1ccc(N=Nc2ccc(OCC(F)(F)C(F)(F)C(F)(F)C(F)(F)F)cc2)cc1. The van der Waals surface area contributed by atoms with E-state index in [9.17, 15) is 44.3 Å². The Bertz CT molecular complexity index is 1030. The fourth-order valence-corrected chi connectivity index (χ4v) is 2.14. The van der Waals surface area contributed by atoms with Crippen LogP contribution >= 0.6 is 0 Å². The molecule has 0 aromatic heterocycles. The maximum absolute atomic E-state index is 13.5. The number of benzene rings is 2. The van der Waals surface area contributed by atoms with Crippen molar-refractivity contribution >= 4 is 17.3 Å². The molecule has 2 aromatic carbocycles. The van der Waals surface area contributed by atoms with Crippen LogP contribution in [0.3, 0.4) is 0 Å². The molecule has 0 radical (unpaired) electrons. The summed E-state index contributed by atoms with van der Waals surface area (Å²) in [6.45, 7) is 0.789. The lowest BCUT2D eigenvalue weighted by Crippen LogP contribution is -2.62. The number of hydrogen-bond donors (Lipinski definition) is 0. The van der Waals surface area contributed by atoms with E-state index in [1.54, 1.807) is 0 Å². The Labute approximate surface area is 185 Å². The van der Waals surface area contributed by atoms with Gasteiger partial charge < -0.3 is 9.47 Å². The van der Waals surface area contributed by atoms with Crippen molar-refractivity contribution in [2.45, 2.75) is 23.9 Å². The fourth-order valence-electron chi connectivity index (χ4n) is 2.14. The molecule has 0 fully saturated rings. The van der Waals surface area contributed by atoms with Crippen LogP contribution in [0.1, 0.15) is 0 Å². The molecule has 0 bridgehead atoms. The van der Waals surface area contributed by atoms with Crippen LogP contribution in [0.5, 0.6) is 11.5 Å². The zero-order chi connectivity index (χ0) is 25.8. The molecule has 0 heterocycles. The third kappa shape index (κ3) is 5.85. The minimum atomic E-state index is -6.98. The molecule has 0 aliphatic carbocycles. The van der Waals surface area contributed by atoms with Crippen molar-refractivity contribution in [2.24, 2.45) is 10.2 Å². The van der Waals surface area contributed by atoms with Crippen LogP contribution in [0.2, 0.25) is 0 Å². The fraction of sp³-hybridized carbons (Fsp3) is 0.250. The highest BCUT2D eigenvalue weighted by Crippen LogP contribution is 2.53. The van der Waals surface area contributed by atoms with Crippen LogP contribution in [-0.2, 0) is 4.79 Å². The average molecular weight is 500 g/mol. The Kier molecular flexibility index (Phi) is 7.63. The van der Waals surface area contributed by atoms with Gasteiger partial charge in [-0.1, -0.05) is 6.58 Å². The number of nitrogens with zero attached hydrogens (tertiary/aromatic N) is 2. The van der Waals surface area contributed by atoms with Gasteiger partial charge in [0.15, 0.2) is 6.61 Å². The van der Waals surface area contributed by atoms with Crippen LogP contribution < -0.4 is 9.47 Å². The molecule has 0 saturated heterocycles. The summed E-state index contributed by atoms with van der Waals surface area (Å²) in [7, 11) is 0. The summed E-state index contributed by atoms with van der Waals surface area (Å²) in [5, 5.41) is 7.61. The Balaban J connectivity index is 2.02. The monoisotopic (exact) mass is 500 g/mol. The summed E-state index contributed by atoms with van der Waals surface area (Å²) in [4.78, 5) is 11.1. The number of carbonyl (C=O) groups excluding carboxylic acids is 1. The lowest BCUT2D eigenvalue weighted by atomic mass is 10.0. The highest BCUT2D eigenvalue weighted by atomic mass is 19.4. The molecule has 0 spiro atoms. The standard InChI is InChI=1S/C20H13F9N2O3/c1-2-16(32)34-15-9-5-13(6-10-15)31-30-12-3-7-14(8-4-12)33-11-17(21,22)18(23,24)19(25,26)20(27,28)29/h2-10H,1,11H2. The van der Waals surface area contributed by atoms with Crippen molar-refractivity contribution in [2.75, 3.05) is 6.61 Å². The molecule has 5 nitrogen and oxygen atoms in total. The van der Waals surface area contributed by atoms with Gasteiger partial charge in [-0.05, 0) is 48.5 Å². The Hall–Kier alpha value is -3.58. The third-order valence-corrected chi connectivity index (χ3v) is 3.97. The van der Waals surface area contributed by atoms with Crippen LogP contribution in [0.4, 0.5) is 50.9 Å². The first-order chi connectivity index (χ1) is 15.6. The van der Waals surface area contributed by atoms with Gasteiger partial charge in [0.25, 0.3) is 0 Å². The predicted molar refractivity (Wildman–Crippen MR) is 99.3 cm³/mol. The summed E-state index contributed by atoms with van der Waals surface area (Å²) in [5.74, 6) is -20.6. The van der Waals surface area contributed by atoms with E-state index >= 15 is 0 Å². The molecule has 0 aliphatic heterocycles. The lowest BCUT2D eigenvalue weighted by molar-refractivity contribution is -0.398.